The fraction of sp³-hybridized carbons (Fsp3) is 0.360. The molecule has 0 radical (unpaired) electrons. The van der Waals surface area contributed by atoms with Gasteiger partial charge in [-0.25, -0.2) is 4.79 Å². The molecular weight excluding hydrogens is 424 g/mol. The average Bonchev–Trinajstić information content (AvgIpc) is 2.77. The van der Waals surface area contributed by atoms with Crippen molar-refractivity contribution in [3.63, 3.8) is 0 Å². The Labute approximate surface area is 193 Å². The summed E-state index contributed by atoms with van der Waals surface area (Å²) in [6.45, 7) is 7.63. The van der Waals surface area contributed by atoms with Gasteiger partial charge in [-0.05, 0) is 55.7 Å². The van der Waals surface area contributed by atoms with Crippen molar-refractivity contribution in [3.05, 3.63) is 59.2 Å². The van der Waals surface area contributed by atoms with Crippen molar-refractivity contribution in [2.45, 2.75) is 40.5 Å². The van der Waals surface area contributed by atoms with Gasteiger partial charge < -0.3 is 20.1 Å². The highest BCUT2D eigenvalue weighted by Crippen LogP contribution is 2.16. The maximum absolute atomic E-state index is 12.1. The molecule has 0 bridgehead atoms. The van der Waals surface area contributed by atoms with Gasteiger partial charge >= 0.3 is 11.9 Å². The van der Waals surface area contributed by atoms with Gasteiger partial charge in [0.05, 0.1) is 18.6 Å². The molecule has 0 saturated heterocycles. The van der Waals surface area contributed by atoms with E-state index in [1.807, 2.05) is 39.8 Å². The molecule has 0 heterocycles. The van der Waals surface area contributed by atoms with Crippen molar-refractivity contribution in [2.75, 3.05) is 23.8 Å². The molecule has 2 rings (SSSR count). The topological polar surface area (TPSA) is 111 Å². The zero-order chi connectivity index (χ0) is 24.4. The Bertz CT molecular complexity index is 998. The van der Waals surface area contributed by atoms with Crippen LogP contribution < -0.4 is 10.6 Å². The maximum Gasteiger partial charge on any atom is 0.338 e. The summed E-state index contributed by atoms with van der Waals surface area (Å²) >= 11 is 0. The van der Waals surface area contributed by atoms with Crippen molar-refractivity contribution < 1.29 is 28.7 Å². The zero-order valence-corrected chi connectivity index (χ0v) is 19.4. The number of carbonyl (C=O) groups excluding carboxylic acids is 4. The first kappa shape index (κ1) is 25.6. The zero-order valence-electron chi connectivity index (χ0n) is 19.4. The number of rotatable bonds is 10. The lowest BCUT2D eigenvalue weighted by atomic mass is 10.1. The Hall–Kier alpha value is -3.68. The number of benzene rings is 2. The Morgan fingerprint density at radius 1 is 0.848 bits per heavy atom. The number of hydrogen-bond donors (Lipinski definition) is 2. The molecule has 2 amide bonds. The minimum absolute atomic E-state index is 0.101. The van der Waals surface area contributed by atoms with Crippen molar-refractivity contribution in [1.82, 2.24) is 0 Å². The van der Waals surface area contributed by atoms with Crippen molar-refractivity contribution >= 4 is 35.1 Å². The standard InChI is InChI=1S/C25H30N2O6/c1-16(2)14-33-25(31)19-6-8-20(9-7-19)26-22(28)11-12-24(30)32-15-23(29)27-21-10-5-17(3)13-18(21)4/h5-10,13,16H,11-12,14-15H2,1-4H3,(H,26,28)(H,27,29). The van der Waals surface area contributed by atoms with Gasteiger partial charge in [0.1, 0.15) is 0 Å². The molecular formula is C25H30N2O6. The normalized spacial score (nSPS) is 10.5. The summed E-state index contributed by atoms with van der Waals surface area (Å²) in [5.74, 6) is -1.67. The Balaban J connectivity index is 1.70. The van der Waals surface area contributed by atoms with Crippen LogP contribution in [-0.4, -0.2) is 37.0 Å². The lowest BCUT2D eigenvalue weighted by Gasteiger charge is -2.10. The molecule has 0 aromatic heterocycles. The van der Waals surface area contributed by atoms with Crippen molar-refractivity contribution in [3.8, 4) is 0 Å². The molecule has 2 aromatic carbocycles. The fourth-order valence-corrected chi connectivity index (χ4v) is 2.81. The van der Waals surface area contributed by atoms with E-state index in [-0.39, 0.29) is 24.7 Å². The summed E-state index contributed by atoms with van der Waals surface area (Å²) in [7, 11) is 0. The molecule has 2 N–H and O–H groups in total. The lowest BCUT2D eigenvalue weighted by molar-refractivity contribution is -0.147. The Morgan fingerprint density at radius 2 is 1.55 bits per heavy atom. The van der Waals surface area contributed by atoms with Gasteiger partial charge in [-0.1, -0.05) is 31.5 Å². The summed E-state index contributed by atoms with van der Waals surface area (Å²) < 4.78 is 10.1. The molecule has 176 valence electrons. The first-order valence-electron chi connectivity index (χ1n) is 10.7. The van der Waals surface area contributed by atoms with E-state index < -0.39 is 24.5 Å². The number of carbonyl (C=O) groups is 4. The van der Waals surface area contributed by atoms with Crippen LogP contribution in [0.25, 0.3) is 0 Å². The molecule has 0 atom stereocenters. The molecule has 2 aromatic rings. The second-order valence-electron chi connectivity index (χ2n) is 8.15. The van der Waals surface area contributed by atoms with Crippen LogP contribution in [0.2, 0.25) is 0 Å². The third-order valence-corrected chi connectivity index (χ3v) is 4.53. The van der Waals surface area contributed by atoms with Crippen LogP contribution in [0, 0.1) is 19.8 Å². The second-order valence-corrected chi connectivity index (χ2v) is 8.15. The molecule has 0 fully saturated rings. The van der Waals surface area contributed by atoms with Crippen LogP contribution in [0.15, 0.2) is 42.5 Å². The highest BCUT2D eigenvalue weighted by atomic mass is 16.5. The largest absolute Gasteiger partial charge is 0.462 e. The van der Waals surface area contributed by atoms with E-state index in [9.17, 15) is 19.2 Å². The second kappa shape index (κ2) is 12.4. The predicted octanol–water partition coefficient (Wildman–Crippen LogP) is 4.02. The third kappa shape index (κ3) is 9.14. The average molecular weight is 455 g/mol. The number of ether oxygens (including phenoxy) is 2. The number of esters is 2. The van der Waals surface area contributed by atoms with E-state index in [4.69, 9.17) is 9.47 Å². The number of anilines is 2. The molecule has 0 aliphatic rings. The van der Waals surface area contributed by atoms with Crippen molar-refractivity contribution in [1.29, 1.82) is 0 Å². The van der Waals surface area contributed by atoms with E-state index in [1.54, 1.807) is 30.3 Å². The monoisotopic (exact) mass is 454 g/mol. The molecule has 33 heavy (non-hydrogen) atoms. The van der Waals surface area contributed by atoms with Crippen LogP contribution in [0.1, 0.15) is 48.2 Å². The first-order valence-corrected chi connectivity index (χ1v) is 10.7. The van der Waals surface area contributed by atoms with Gasteiger partial charge in [0.25, 0.3) is 5.91 Å². The SMILES string of the molecule is Cc1ccc(NC(=O)COC(=O)CCC(=O)Nc2ccc(C(=O)OCC(C)C)cc2)c(C)c1. The van der Waals surface area contributed by atoms with Gasteiger partial charge in [0.2, 0.25) is 5.91 Å². The summed E-state index contributed by atoms with van der Waals surface area (Å²) in [4.78, 5) is 47.8. The van der Waals surface area contributed by atoms with Crippen LogP contribution in [0.5, 0.6) is 0 Å². The smallest absolute Gasteiger partial charge is 0.338 e. The van der Waals surface area contributed by atoms with E-state index >= 15 is 0 Å². The van der Waals surface area contributed by atoms with Gasteiger partial charge in [-0.2, -0.15) is 0 Å². The van der Waals surface area contributed by atoms with Gasteiger partial charge in [0, 0.05) is 17.8 Å². The molecule has 0 aliphatic heterocycles. The van der Waals surface area contributed by atoms with Crippen LogP contribution in [0.3, 0.4) is 0 Å². The van der Waals surface area contributed by atoms with Gasteiger partial charge in [0.15, 0.2) is 6.61 Å². The third-order valence-electron chi connectivity index (χ3n) is 4.53. The molecule has 0 saturated carbocycles. The first-order chi connectivity index (χ1) is 15.6. The minimum Gasteiger partial charge on any atom is -0.462 e. The molecule has 0 spiro atoms. The maximum atomic E-state index is 12.1. The quantitative estimate of drug-likeness (QED) is 0.525. The van der Waals surface area contributed by atoms with E-state index in [2.05, 4.69) is 10.6 Å². The van der Waals surface area contributed by atoms with Crippen LogP contribution in [-0.2, 0) is 23.9 Å². The number of hydrogen-bond acceptors (Lipinski definition) is 6. The number of amides is 2. The van der Waals surface area contributed by atoms with E-state index in [1.165, 1.54) is 0 Å². The van der Waals surface area contributed by atoms with E-state index in [0.29, 0.717) is 23.5 Å². The predicted molar refractivity (Wildman–Crippen MR) is 125 cm³/mol. The van der Waals surface area contributed by atoms with Gasteiger partial charge in [-0.3, -0.25) is 14.4 Å². The number of nitrogens with one attached hydrogen (secondary N) is 2. The van der Waals surface area contributed by atoms with Crippen molar-refractivity contribution in [2.24, 2.45) is 5.92 Å². The Kier molecular flexibility index (Phi) is 9.60. The molecule has 0 aliphatic carbocycles. The molecule has 8 heteroatoms. The van der Waals surface area contributed by atoms with E-state index in [0.717, 1.165) is 11.1 Å². The van der Waals surface area contributed by atoms with Crippen LogP contribution in [0.4, 0.5) is 11.4 Å². The summed E-state index contributed by atoms with van der Waals surface area (Å²) in [5.41, 5.74) is 3.51. The molecule has 0 unspecified atom stereocenters. The fourth-order valence-electron chi connectivity index (χ4n) is 2.81. The summed E-state index contributed by atoms with van der Waals surface area (Å²) in [6.07, 6.45) is -0.266. The van der Waals surface area contributed by atoms with Crippen LogP contribution >= 0.6 is 0 Å². The highest BCUT2D eigenvalue weighted by molar-refractivity contribution is 5.95. The highest BCUT2D eigenvalue weighted by Gasteiger charge is 2.13. The summed E-state index contributed by atoms with van der Waals surface area (Å²) in [6, 6.07) is 11.9. The molecule has 8 nitrogen and oxygen atoms in total. The number of aryl methyl sites for hydroxylation is 2. The summed E-state index contributed by atoms with van der Waals surface area (Å²) in [5, 5.41) is 5.33. The lowest BCUT2D eigenvalue weighted by Crippen LogP contribution is -2.22. The minimum atomic E-state index is -0.649. The van der Waals surface area contributed by atoms with Gasteiger partial charge in [-0.15, -0.1) is 0 Å². The Morgan fingerprint density at radius 3 is 2.18 bits per heavy atom.